The number of thiol groups is 1. The zero-order chi connectivity index (χ0) is 11.8. The Hall–Kier alpha value is -1.27. The first-order valence-electron chi connectivity index (χ1n) is 5.06. The zero-order valence-electron chi connectivity index (χ0n) is 8.89. The van der Waals surface area contributed by atoms with Crippen LogP contribution in [-0.2, 0) is 10.9 Å². The summed E-state index contributed by atoms with van der Waals surface area (Å²) in [5.74, 6) is 0.726. The molecule has 3 N–H and O–H groups in total. The van der Waals surface area contributed by atoms with Crippen LogP contribution in [0.5, 0.6) is 5.75 Å². The number of nitrogens with one attached hydrogen (secondary N) is 1. The number of ether oxygens (including phenoxy) is 1. The molecule has 0 aromatic heterocycles. The smallest absolute Gasteiger partial charge is 0.222 e. The van der Waals surface area contributed by atoms with Crippen molar-refractivity contribution in [3.05, 3.63) is 24.3 Å². The molecule has 90 valence electrons. The van der Waals surface area contributed by atoms with Gasteiger partial charge in [0.1, 0.15) is 5.75 Å². The fraction of sp³-hybridized carbons (Fsp3) is 0.400. The van der Waals surface area contributed by atoms with Gasteiger partial charge in [-0.1, -0.05) is 0 Å². The summed E-state index contributed by atoms with van der Waals surface area (Å²) < 4.78 is 28.5. The standard InChI is InChI=1S/C10H16N2O3S/c11-7-1-2-8-15-10-5-3-9(4-6-10)12-16(13)14/h3-6,16H,1-2,7-8,11H2,(H,12,13,14). The lowest BCUT2D eigenvalue weighted by Crippen LogP contribution is -2.03. The van der Waals surface area contributed by atoms with Gasteiger partial charge in [-0.25, -0.2) is 8.42 Å². The maximum Gasteiger partial charge on any atom is 0.222 e. The Morgan fingerprint density at radius 1 is 1.19 bits per heavy atom. The van der Waals surface area contributed by atoms with Gasteiger partial charge in [0.2, 0.25) is 10.9 Å². The molecular formula is C10H16N2O3S. The van der Waals surface area contributed by atoms with Gasteiger partial charge in [0.25, 0.3) is 0 Å². The normalized spacial score (nSPS) is 10.4. The van der Waals surface area contributed by atoms with E-state index in [0.717, 1.165) is 18.6 Å². The van der Waals surface area contributed by atoms with Gasteiger partial charge in [-0.3, -0.25) is 4.72 Å². The second-order valence-electron chi connectivity index (χ2n) is 3.24. The summed E-state index contributed by atoms with van der Waals surface area (Å²) in [6.45, 7) is 1.29. The Morgan fingerprint density at radius 2 is 1.88 bits per heavy atom. The van der Waals surface area contributed by atoms with E-state index in [4.69, 9.17) is 10.5 Å². The molecule has 0 heterocycles. The molecule has 1 aromatic rings. The van der Waals surface area contributed by atoms with Crippen LogP contribution in [0.1, 0.15) is 12.8 Å². The molecule has 0 radical (unpaired) electrons. The van der Waals surface area contributed by atoms with E-state index >= 15 is 0 Å². The summed E-state index contributed by atoms with van der Waals surface area (Å²) >= 11 is 0. The van der Waals surface area contributed by atoms with Crippen molar-refractivity contribution in [1.29, 1.82) is 0 Å². The predicted molar refractivity (Wildman–Crippen MR) is 64.2 cm³/mol. The molecule has 16 heavy (non-hydrogen) atoms. The van der Waals surface area contributed by atoms with Crippen LogP contribution in [-0.4, -0.2) is 21.6 Å². The quantitative estimate of drug-likeness (QED) is 0.488. The van der Waals surface area contributed by atoms with Crippen molar-refractivity contribution in [1.82, 2.24) is 0 Å². The molecule has 0 aliphatic carbocycles. The van der Waals surface area contributed by atoms with E-state index in [2.05, 4.69) is 4.72 Å². The van der Waals surface area contributed by atoms with Crippen molar-refractivity contribution >= 4 is 16.6 Å². The topological polar surface area (TPSA) is 81.4 Å². The maximum absolute atomic E-state index is 10.4. The van der Waals surface area contributed by atoms with E-state index in [1.165, 1.54) is 0 Å². The Balaban J connectivity index is 2.39. The molecule has 6 heteroatoms. The molecule has 0 saturated heterocycles. The molecule has 0 fully saturated rings. The summed E-state index contributed by atoms with van der Waals surface area (Å²) in [6, 6.07) is 6.76. The second-order valence-corrected chi connectivity index (χ2v) is 3.98. The summed E-state index contributed by atoms with van der Waals surface area (Å²) in [4.78, 5) is 0. The third-order valence-corrected chi connectivity index (χ3v) is 2.38. The molecule has 0 atom stereocenters. The molecule has 0 aliphatic rings. The van der Waals surface area contributed by atoms with Crippen LogP contribution in [0.25, 0.3) is 0 Å². The molecule has 0 spiro atoms. The van der Waals surface area contributed by atoms with Crippen molar-refractivity contribution in [2.75, 3.05) is 17.9 Å². The van der Waals surface area contributed by atoms with Gasteiger partial charge >= 0.3 is 0 Å². The van der Waals surface area contributed by atoms with Crippen LogP contribution >= 0.6 is 0 Å². The van der Waals surface area contributed by atoms with Crippen LogP contribution in [0.2, 0.25) is 0 Å². The minimum Gasteiger partial charge on any atom is -0.494 e. The van der Waals surface area contributed by atoms with Gasteiger partial charge in [0, 0.05) is 5.69 Å². The molecular weight excluding hydrogens is 228 g/mol. The number of rotatable bonds is 7. The Bertz CT molecular complexity index is 368. The van der Waals surface area contributed by atoms with E-state index in [1.807, 2.05) is 0 Å². The number of benzene rings is 1. The van der Waals surface area contributed by atoms with Crippen LogP contribution in [0.15, 0.2) is 24.3 Å². The number of hydrogen-bond acceptors (Lipinski definition) is 4. The Kier molecular flexibility index (Phi) is 5.66. The van der Waals surface area contributed by atoms with Gasteiger partial charge in [-0.05, 0) is 43.7 Å². The minimum absolute atomic E-state index is 0.533. The summed E-state index contributed by atoms with van der Waals surface area (Å²) in [6.07, 6.45) is 1.86. The van der Waals surface area contributed by atoms with Crippen LogP contribution < -0.4 is 15.2 Å². The maximum atomic E-state index is 10.4. The van der Waals surface area contributed by atoms with Gasteiger partial charge in [0.15, 0.2) is 0 Å². The molecule has 5 nitrogen and oxygen atoms in total. The number of unbranched alkanes of at least 4 members (excludes halogenated alkanes) is 1. The molecule has 1 aromatic carbocycles. The Morgan fingerprint density at radius 3 is 2.44 bits per heavy atom. The first-order valence-corrected chi connectivity index (χ1v) is 6.24. The minimum atomic E-state index is -2.61. The van der Waals surface area contributed by atoms with E-state index in [-0.39, 0.29) is 0 Å². The van der Waals surface area contributed by atoms with Crippen molar-refractivity contribution in [2.24, 2.45) is 5.73 Å². The van der Waals surface area contributed by atoms with Crippen LogP contribution in [0, 0.1) is 0 Å². The number of anilines is 1. The lowest BCUT2D eigenvalue weighted by molar-refractivity contribution is 0.308. The van der Waals surface area contributed by atoms with Crippen molar-refractivity contribution in [3.63, 3.8) is 0 Å². The number of nitrogens with two attached hydrogens (primary N) is 1. The van der Waals surface area contributed by atoms with E-state index in [9.17, 15) is 8.42 Å². The largest absolute Gasteiger partial charge is 0.494 e. The van der Waals surface area contributed by atoms with Crippen molar-refractivity contribution in [2.45, 2.75) is 12.8 Å². The first kappa shape index (κ1) is 12.8. The monoisotopic (exact) mass is 244 g/mol. The van der Waals surface area contributed by atoms with Crippen molar-refractivity contribution in [3.8, 4) is 5.75 Å². The third-order valence-electron chi connectivity index (χ3n) is 1.94. The van der Waals surface area contributed by atoms with Gasteiger partial charge in [-0.2, -0.15) is 0 Å². The van der Waals surface area contributed by atoms with Gasteiger partial charge in [-0.15, -0.1) is 0 Å². The molecule has 0 saturated carbocycles. The molecule has 0 bridgehead atoms. The summed E-state index contributed by atoms with van der Waals surface area (Å²) in [5.41, 5.74) is 5.89. The predicted octanol–water partition coefficient (Wildman–Crippen LogP) is 0.743. The average Bonchev–Trinajstić information content (AvgIpc) is 2.26. The fourth-order valence-electron chi connectivity index (χ4n) is 1.17. The van der Waals surface area contributed by atoms with Gasteiger partial charge in [0.05, 0.1) is 6.61 Å². The Labute approximate surface area is 96.7 Å². The summed E-state index contributed by atoms with van der Waals surface area (Å²) in [5, 5.41) is 0. The summed E-state index contributed by atoms with van der Waals surface area (Å²) in [7, 11) is -2.61. The van der Waals surface area contributed by atoms with Crippen molar-refractivity contribution < 1.29 is 13.2 Å². The van der Waals surface area contributed by atoms with Gasteiger partial charge < -0.3 is 10.5 Å². The third kappa shape index (κ3) is 4.99. The average molecular weight is 244 g/mol. The van der Waals surface area contributed by atoms with E-state index in [0.29, 0.717) is 18.8 Å². The highest BCUT2D eigenvalue weighted by molar-refractivity contribution is 7.73. The van der Waals surface area contributed by atoms with E-state index in [1.54, 1.807) is 24.3 Å². The highest BCUT2D eigenvalue weighted by atomic mass is 32.2. The lowest BCUT2D eigenvalue weighted by Gasteiger charge is -2.06. The first-order chi connectivity index (χ1) is 7.72. The highest BCUT2D eigenvalue weighted by Crippen LogP contribution is 2.15. The van der Waals surface area contributed by atoms with Crippen LogP contribution in [0.3, 0.4) is 0 Å². The van der Waals surface area contributed by atoms with Crippen LogP contribution in [0.4, 0.5) is 5.69 Å². The lowest BCUT2D eigenvalue weighted by atomic mass is 10.3. The molecule has 1 rings (SSSR count). The zero-order valence-corrected chi connectivity index (χ0v) is 9.78. The van der Waals surface area contributed by atoms with E-state index < -0.39 is 10.9 Å². The molecule has 0 amide bonds. The molecule has 0 unspecified atom stereocenters. The second kappa shape index (κ2) is 7.08. The number of hydrogen-bond donors (Lipinski definition) is 3. The fourth-order valence-corrected chi connectivity index (χ4v) is 1.53. The molecule has 0 aliphatic heterocycles. The SMILES string of the molecule is NCCCCOc1ccc(N[SH](=O)=O)cc1. The highest BCUT2D eigenvalue weighted by Gasteiger charge is 1.95.